The Balaban J connectivity index is 1.62. The largest absolute Gasteiger partial charge is 0.369 e. The van der Waals surface area contributed by atoms with Crippen molar-refractivity contribution in [2.24, 2.45) is 0 Å². The van der Waals surface area contributed by atoms with Gasteiger partial charge in [0, 0.05) is 55.8 Å². The Morgan fingerprint density at radius 3 is 2.95 bits per heavy atom. The van der Waals surface area contributed by atoms with Crippen LogP contribution in [0.5, 0.6) is 0 Å². The summed E-state index contributed by atoms with van der Waals surface area (Å²) in [6, 6.07) is 1.95. The second-order valence-corrected chi connectivity index (χ2v) is 5.99. The van der Waals surface area contributed by atoms with Crippen molar-refractivity contribution >= 4 is 28.3 Å². The topological polar surface area (TPSA) is 74.2 Å². The van der Waals surface area contributed by atoms with Crippen LogP contribution in [-0.2, 0) is 0 Å². The summed E-state index contributed by atoms with van der Waals surface area (Å²) in [6.07, 6.45) is 6.19. The van der Waals surface area contributed by atoms with Gasteiger partial charge in [-0.2, -0.15) is 0 Å². The Bertz CT molecular complexity index is 632. The van der Waals surface area contributed by atoms with E-state index in [1.807, 2.05) is 23.4 Å². The number of carbonyl (C=O) groups is 1. The van der Waals surface area contributed by atoms with Gasteiger partial charge in [-0.15, -0.1) is 5.10 Å². The maximum absolute atomic E-state index is 12.3. The molecule has 2 amide bonds. The average Bonchev–Trinajstić information content (AvgIpc) is 2.90. The molecule has 0 bridgehead atoms. The minimum Gasteiger partial charge on any atom is -0.369 e. The SMILES string of the molecule is Cc1cnccc1N1CCCN(C(=O)Nc2cnns2)CC1. The van der Waals surface area contributed by atoms with Crippen LogP contribution in [0.4, 0.5) is 15.5 Å². The van der Waals surface area contributed by atoms with Crippen molar-refractivity contribution in [3.8, 4) is 0 Å². The highest BCUT2D eigenvalue weighted by atomic mass is 32.1. The fourth-order valence-corrected chi connectivity index (χ4v) is 3.00. The molecule has 1 aliphatic rings. The first-order valence-electron chi connectivity index (χ1n) is 7.23. The lowest BCUT2D eigenvalue weighted by atomic mass is 10.2. The van der Waals surface area contributed by atoms with E-state index in [1.165, 1.54) is 17.2 Å². The molecular formula is C14H18N6OS. The van der Waals surface area contributed by atoms with Gasteiger partial charge in [0.25, 0.3) is 0 Å². The number of anilines is 2. The van der Waals surface area contributed by atoms with Crippen molar-refractivity contribution in [3.63, 3.8) is 0 Å². The molecule has 0 radical (unpaired) electrons. The molecule has 7 nitrogen and oxygen atoms in total. The average molecular weight is 318 g/mol. The number of urea groups is 1. The number of hydrogen-bond donors (Lipinski definition) is 1. The second kappa shape index (κ2) is 6.69. The molecule has 8 heteroatoms. The maximum Gasteiger partial charge on any atom is 0.322 e. The van der Waals surface area contributed by atoms with Crippen molar-refractivity contribution in [1.82, 2.24) is 19.5 Å². The maximum atomic E-state index is 12.3. The second-order valence-electron chi connectivity index (χ2n) is 5.20. The van der Waals surface area contributed by atoms with Crippen LogP contribution < -0.4 is 10.2 Å². The summed E-state index contributed by atoms with van der Waals surface area (Å²) in [5, 5.41) is 7.24. The van der Waals surface area contributed by atoms with Crippen molar-refractivity contribution in [2.45, 2.75) is 13.3 Å². The Labute approximate surface area is 133 Å². The summed E-state index contributed by atoms with van der Waals surface area (Å²) in [7, 11) is 0. The summed E-state index contributed by atoms with van der Waals surface area (Å²) in [6.45, 7) is 5.27. The van der Waals surface area contributed by atoms with Crippen LogP contribution in [0.25, 0.3) is 0 Å². The molecule has 2 aromatic rings. The van der Waals surface area contributed by atoms with Crippen molar-refractivity contribution in [3.05, 3.63) is 30.2 Å². The number of aryl methyl sites for hydroxylation is 1. The first kappa shape index (κ1) is 14.7. The van der Waals surface area contributed by atoms with Crippen LogP contribution in [-0.4, -0.2) is 51.7 Å². The zero-order chi connectivity index (χ0) is 15.4. The lowest BCUT2D eigenvalue weighted by Crippen LogP contribution is -2.38. The Hall–Kier alpha value is -2.22. The molecule has 1 saturated heterocycles. The van der Waals surface area contributed by atoms with E-state index < -0.39 is 0 Å². The zero-order valence-electron chi connectivity index (χ0n) is 12.4. The van der Waals surface area contributed by atoms with E-state index in [0.717, 1.165) is 31.6 Å². The first-order valence-corrected chi connectivity index (χ1v) is 8.00. The third-order valence-corrected chi connectivity index (χ3v) is 4.29. The molecule has 2 aromatic heterocycles. The Morgan fingerprint density at radius 2 is 2.18 bits per heavy atom. The predicted octanol–water partition coefficient (Wildman–Crippen LogP) is 1.99. The van der Waals surface area contributed by atoms with E-state index in [0.29, 0.717) is 11.5 Å². The van der Waals surface area contributed by atoms with Crippen molar-refractivity contribution in [2.75, 3.05) is 36.4 Å². The van der Waals surface area contributed by atoms with E-state index in [1.54, 1.807) is 6.20 Å². The molecule has 3 heterocycles. The van der Waals surface area contributed by atoms with Gasteiger partial charge in [0.15, 0.2) is 0 Å². The van der Waals surface area contributed by atoms with Gasteiger partial charge in [-0.25, -0.2) is 4.79 Å². The number of pyridine rings is 1. The summed E-state index contributed by atoms with van der Waals surface area (Å²) < 4.78 is 3.74. The van der Waals surface area contributed by atoms with Gasteiger partial charge in [-0.3, -0.25) is 10.3 Å². The Kier molecular flexibility index (Phi) is 4.47. The van der Waals surface area contributed by atoms with Gasteiger partial charge < -0.3 is 9.80 Å². The highest BCUT2D eigenvalue weighted by molar-refractivity contribution is 7.10. The van der Waals surface area contributed by atoms with E-state index in [4.69, 9.17) is 0 Å². The van der Waals surface area contributed by atoms with Gasteiger partial charge in [-0.05, 0) is 25.0 Å². The van der Waals surface area contributed by atoms with Gasteiger partial charge in [0.2, 0.25) is 0 Å². The quantitative estimate of drug-likeness (QED) is 0.916. The molecule has 3 rings (SSSR count). The normalized spacial score (nSPS) is 15.5. The van der Waals surface area contributed by atoms with Gasteiger partial charge >= 0.3 is 6.03 Å². The zero-order valence-corrected chi connectivity index (χ0v) is 13.2. The molecule has 0 saturated carbocycles. The van der Waals surface area contributed by atoms with Crippen LogP contribution in [0.2, 0.25) is 0 Å². The number of carbonyl (C=O) groups excluding carboxylic acids is 1. The number of nitrogens with one attached hydrogen (secondary N) is 1. The number of amides is 2. The number of aromatic nitrogens is 3. The van der Waals surface area contributed by atoms with E-state index in [2.05, 4.69) is 31.7 Å². The molecular weight excluding hydrogens is 300 g/mol. The summed E-state index contributed by atoms with van der Waals surface area (Å²) in [4.78, 5) is 20.6. The molecule has 1 N–H and O–H groups in total. The highest BCUT2D eigenvalue weighted by Gasteiger charge is 2.20. The van der Waals surface area contributed by atoms with Crippen LogP contribution >= 0.6 is 11.5 Å². The molecule has 0 aliphatic carbocycles. The van der Waals surface area contributed by atoms with Crippen LogP contribution in [0.3, 0.4) is 0 Å². The fourth-order valence-electron chi connectivity index (χ4n) is 2.59. The van der Waals surface area contributed by atoms with Crippen molar-refractivity contribution < 1.29 is 4.79 Å². The minimum absolute atomic E-state index is 0.0839. The molecule has 0 atom stereocenters. The lowest BCUT2D eigenvalue weighted by Gasteiger charge is -2.24. The van der Waals surface area contributed by atoms with E-state index in [9.17, 15) is 4.79 Å². The first-order chi connectivity index (χ1) is 10.7. The van der Waals surface area contributed by atoms with E-state index >= 15 is 0 Å². The molecule has 1 aliphatic heterocycles. The van der Waals surface area contributed by atoms with E-state index in [-0.39, 0.29) is 6.03 Å². The molecule has 0 aromatic carbocycles. The predicted molar refractivity (Wildman–Crippen MR) is 86.3 cm³/mol. The third-order valence-electron chi connectivity index (χ3n) is 3.71. The molecule has 116 valence electrons. The van der Waals surface area contributed by atoms with Gasteiger partial charge in [0.05, 0.1) is 6.20 Å². The molecule has 0 spiro atoms. The van der Waals surface area contributed by atoms with Crippen molar-refractivity contribution in [1.29, 1.82) is 0 Å². The van der Waals surface area contributed by atoms with Gasteiger partial charge in [0.1, 0.15) is 5.00 Å². The standard InChI is InChI=1S/C14H18N6OS/c1-11-9-15-4-3-12(11)19-5-2-6-20(8-7-19)14(21)17-13-10-16-18-22-13/h3-4,9-10H,2,5-8H2,1H3,(H,17,21). The highest BCUT2D eigenvalue weighted by Crippen LogP contribution is 2.20. The van der Waals surface area contributed by atoms with Crippen LogP contribution in [0, 0.1) is 6.92 Å². The number of nitrogens with zero attached hydrogens (tertiary/aromatic N) is 5. The summed E-state index contributed by atoms with van der Waals surface area (Å²) in [5.41, 5.74) is 2.36. The molecule has 1 fully saturated rings. The fraction of sp³-hybridized carbons (Fsp3) is 0.429. The smallest absolute Gasteiger partial charge is 0.322 e. The van der Waals surface area contributed by atoms with Crippen LogP contribution in [0.15, 0.2) is 24.7 Å². The third kappa shape index (κ3) is 3.33. The summed E-state index contributed by atoms with van der Waals surface area (Å²) >= 11 is 1.18. The van der Waals surface area contributed by atoms with Gasteiger partial charge in [-0.1, -0.05) is 4.49 Å². The van der Waals surface area contributed by atoms with Crippen LogP contribution in [0.1, 0.15) is 12.0 Å². The molecule has 22 heavy (non-hydrogen) atoms. The number of rotatable bonds is 2. The summed E-state index contributed by atoms with van der Waals surface area (Å²) in [5.74, 6) is 0. The Morgan fingerprint density at radius 1 is 1.27 bits per heavy atom. The lowest BCUT2D eigenvalue weighted by molar-refractivity contribution is 0.215. The molecule has 0 unspecified atom stereocenters. The number of hydrogen-bond acceptors (Lipinski definition) is 6. The monoisotopic (exact) mass is 318 g/mol. The minimum atomic E-state index is -0.0839.